The van der Waals surface area contributed by atoms with Gasteiger partial charge in [0, 0.05) is 68.4 Å². The molecule has 2 aromatic rings. The Labute approximate surface area is 192 Å². The second-order valence-corrected chi connectivity index (χ2v) is 9.82. The molecule has 1 saturated carbocycles. The first-order chi connectivity index (χ1) is 15.6. The minimum absolute atomic E-state index is 0.0734. The second-order valence-electron chi connectivity index (χ2n) is 9.82. The van der Waals surface area contributed by atoms with Gasteiger partial charge in [0.1, 0.15) is 0 Å². The van der Waals surface area contributed by atoms with Gasteiger partial charge in [-0.2, -0.15) is 0 Å². The molecule has 5 rings (SSSR count). The minimum Gasteiger partial charge on any atom is -0.374 e. The van der Waals surface area contributed by atoms with E-state index in [1.165, 1.54) is 35.5 Å². The minimum atomic E-state index is 0.0734. The molecular formula is C27H36N4O. The Morgan fingerprint density at radius 2 is 1.69 bits per heavy atom. The number of fused-ring (bicyclic) bond motifs is 1. The van der Waals surface area contributed by atoms with E-state index in [0.717, 1.165) is 57.3 Å². The van der Waals surface area contributed by atoms with Crippen LogP contribution in [-0.2, 0) is 6.42 Å². The number of carbonyl (C=O) groups is 1. The van der Waals surface area contributed by atoms with Crippen molar-refractivity contribution < 1.29 is 4.79 Å². The Balaban J connectivity index is 1.16. The third-order valence-corrected chi connectivity index (χ3v) is 7.80. The van der Waals surface area contributed by atoms with Gasteiger partial charge < -0.3 is 20.0 Å². The molecule has 5 nitrogen and oxygen atoms in total. The van der Waals surface area contributed by atoms with Crippen LogP contribution in [0.1, 0.15) is 54.4 Å². The van der Waals surface area contributed by atoms with Gasteiger partial charge in [-0.3, -0.25) is 4.79 Å². The topological polar surface area (TPSA) is 38.8 Å². The van der Waals surface area contributed by atoms with Crippen molar-refractivity contribution in [2.24, 2.45) is 0 Å². The van der Waals surface area contributed by atoms with E-state index in [9.17, 15) is 4.79 Å². The van der Waals surface area contributed by atoms with Crippen LogP contribution in [0.3, 0.4) is 0 Å². The normalized spacial score (nSPS) is 19.3. The Kier molecular flexibility index (Phi) is 5.99. The third-order valence-electron chi connectivity index (χ3n) is 7.80. The molecule has 5 heteroatoms. The van der Waals surface area contributed by atoms with Gasteiger partial charge in [-0.15, -0.1) is 0 Å². The molecule has 0 atom stereocenters. The van der Waals surface area contributed by atoms with E-state index >= 15 is 0 Å². The number of rotatable bonds is 5. The van der Waals surface area contributed by atoms with E-state index in [1.807, 2.05) is 12.1 Å². The molecule has 2 heterocycles. The summed E-state index contributed by atoms with van der Waals surface area (Å²) in [5, 5.41) is 3.19. The number of anilines is 3. The van der Waals surface area contributed by atoms with E-state index in [4.69, 9.17) is 0 Å². The highest BCUT2D eigenvalue weighted by Crippen LogP contribution is 2.32. The number of nitrogens with one attached hydrogen (secondary N) is 1. The summed E-state index contributed by atoms with van der Waals surface area (Å²) in [5.74, 6) is 0.0734. The zero-order valence-electron chi connectivity index (χ0n) is 19.5. The highest BCUT2D eigenvalue weighted by molar-refractivity contribution is 5.94. The molecule has 1 aliphatic carbocycles. The van der Waals surface area contributed by atoms with Crippen LogP contribution in [0.15, 0.2) is 42.5 Å². The summed E-state index contributed by atoms with van der Waals surface area (Å²) in [6.45, 7) is 3.23. The van der Waals surface area contributed by atoms with Crippen LogP contribution in [0.2, 0.25) is 0 Å². The van der Waals surface area contributed by atoms with Crippen molar-refractivity contribution >= 4 is 23.0 Å². The molecular weight excluding hydrogens is 396 g/mol. The summed E-state index contributed by atoms with van der Waals surface area (Å²) in [4.78, 5) is 19.8. The number of hydrogen-bond donors (Lipinski definition) is 1. The molecule has 170 valence electrons. The largest absolute Gasteiger partial charge is 0.374 e. The number of amides is 1. The van der Waals surface area contributed by atoms with Crippen molar-refractivity contribution in [1.82, 2.24) is 5.32 Å². The Morgan fingerprint density at radius 1 is 0.969 bits per heavy atom. The Morgan fingerprint density at radius 3 is 2.41 bits per heavy atom. The monoisotopic (exact) mass is 432 g/mol. The lowest BCUT2D eigenvalue weighted by Crippen LogP contribution is -2.43. The highest BCUT2D eigenvalue weighted by atomic mass is 16.1. The summed E-state index contributed by atoms with van der Waals surface area (Å²) in [5.41, 5.74) is 6.21. The molecule has 1 amide bonds. The number of benzene rings is 2. The molecule has 0 aromatic heterocycles. The first-order valence-electron chi connectivity index (χ1n) is 12.3. The van der Waals surface area contributed by atoms with Gasteiger partial charge in [-0.05, 0) is 80.1 Å². The van der Waals surface area contributed by atoms with Crippen LogP contribution in [0, 0.1) is 0 Å². The molecule has 1 saturated heterocycles. The lowest BCUT2D eigenvalue weighted by atomic mass is 10.0. The van der Waals surface area contributed by atoms with Gasteiger partial charge in [0.05, 0.1) is 0 Å². The smallest absolute Gasteiger partial charge is 0.251 e. The van der Waals surface area contributed by atoms with E-state index in [0.29, 0.717) is 12.1 Å². The van der Waals surface area contributed by atoms with Crippen molar-refractivity contribution in [2.45, 2.75) is 57.0 Å². The van der Waals surface area contributed by atoms with Crippen molar-refractivity contribution in [3.05, 3.63) is 53.6 Å². The van der Waals surface area contributed by atoms with Gasteiger partial charge in [0.25, 0.3) is 5.91 Å². The average Bonchev–Trinajstić information content (AvgIpc) is 3.48. The maximum Gasteiger partial charge on any atom is 0.251 e. The first kappa shape index (κ1) is 21.2. The number of hydrogen-bond acceptors (Lipinski definition) is 4. The predicted molar refractivity (Wildman–Crippen MR) is 133 cm³/mol. The number of likely N-dealkylation sites (N-methyl/N-ethyl adjacent to an activating group) is 1. The Hall–Kier alpha value is -2.69. The predicted octanol–water partition coefficient (Wildman–Crippen LogP) is 4.46. The van der Waals surface area contributed by atoms with Crippen LogP contribution >= 0.6 is 0 Å². The van der Waals surface area contributed by atoms with Crippen molar-refractivity contribution in [2.75, 3.05) is 48.4 Å². The fraction of sp³-hybridized carbons (Fsp3) is 0.519. The molecule has 32 heavy (non-hydrogen) atoms. The fourth-order valence-electron chi connectivity index (χ4n) is 5.66. The van der Waals surface area contributed by atoms with E-state index in [2.05, 4.69) is 64.4 Å². The zero-order valence-corrected chi connectivity index (χ0v) is 19.5. The number of piperidine rings is 1. The van der Waals surface area contributed by atoms with Crippen LogP contribution < -0.4 is 20.0 Å². The number of nitrogens with zero attached hydrogens (tertiary/aromatic N) is 3. The quantitative estimate of drug-likeness (QED) is 0.757. The fourth-order valence-corrected chi connectivity index (χ4v) is 5.66. The van der Waals surface area contributed by atoms with Crippen LogP contribution in [0.4, 0.5) is 17.1 Å². The van der Waals surface area contributed by atoms with Crippen LogP contribution in [-0.4, -0.2) is 51.7 Å². The van der Waals surface area contributed by atoms with E-state index in [1.54, 1.807) is 0 Å². The van der Waals surface area contributed by atoms with Crippen molar-refractivity contribution in [3.8, 4) is 0 Å². The molecule has 2 fully saturated rings. The summed E-state index contributed by atoms with van der Waals surface area (Å²) < 4.78 is 0. The van der Waals surface area contributed by atoms with E-state index < -0.39 is 0 Å². The van der Waals surface area contributed by atoms with E-state index in [-0.39, 0.29) is 5.91 Å². The molecule has 0 radical (unpaired) electrons. The third kappa shape index (κ3) is 4.30. The van der Waals surface area contributed by atoms with Gasteiger partial charge in [0.15, 0.2) is 0 Å². The highest BCUT2D eigenvalue weighted by Gasteiger charge is 2.25. The van der Waals surface area contributed by atoms with Crippen molar-refractivity contribution in [1.29, 1.82) is 0 Å². The molecule has 2 aliphatic heterocycles. The zero-order chi connectivity index (χ0) is 22.1. The SMILES string of the molecule is CN1CCc2cc(N(C)C3CCN(c4ccc(C(=O)NC5CCCC5)cc4)CC3)ccc21. The van der Waals surface area contributed by atoms with Crippen molar-refractivity contribution in [3.63, 3.8) is 0 Å². The molecule has 1 N–H and O–H groups in total. The number of carbonyl (C=O) groups excluding carboxylic acids is 1. The van der Waals surface area contributed by atoms with Gasteiger partial charge in [0.2, 0.25) is 0 Å². The first-order valence-corrected chi connectivity index (χ1v) is 12.3. The lowest BCUT2D eigenvalue weighted by molar-refractivity contribution is 0.0938. The molecule has 0 spiro atoms. The maximum atomic E-state index is 12.5. The van der Waals surface area contributed by atoms with Gasteiger partial charge in [-0.25, -0.2) is 0 Å². The molecule has 0 bridgehead atoms. The average molecular weight is 433 g/mol. The summed E-state index contributed by atoms with van der Waals surface area (Å²) in [6, 6.07) is 16.1. The summed E-state index contributed by atoms with van der Waals surface area (Å²) in [7, 11) is 4.43. The van der Waals surface area contributed by atoms with Gasteiger partial charge in [-0.1, -0.05) is 12.8 Å². The summed E-state index contributed by atoms with van der Waals surface area (Å²) in [6.07, 6.45) is 8.17. The molecule has 3 aliphatic rings. The Bertz CT molecular complexity index is 943. The summed E-state index contributed by atoms with van der Waals surface area (Å²) >= 11 is 0. The molecule has 0 unspecified atom stereocenters. The van der Waals surface area contributed by atoms with Crippen LogP contribution in [0.5, 0.6) is 0 Å². The van der Waals surface area contributed by atoms with Gasteiger partial charge >= 0.3 is 0 Å². The maximum absolute atomic E-state index is 12.5. The molecule has 2 aromatic carbocycles. The van der Waals surface area contributed by atoms with Crippen LogP contribution in [0.25, 0.3) is 0 Å². The lowest BCUT2D eigenvalue weighted by Gasteiger charge is -2.39. The second kappa shape index (κ2) is 9.05. The standard InChI is InChI=1S/C27H36N4O/c1-29-16-13-21-19-25(11-12-26(21)29)30(2)23-14-17-31(18-15-23)24-9-7-20(8-10-24)27(32)28-22-5-3-4-6-22/h7-12,19,22-23H,3-6,13-18H2,1-2H3,(H,28,32).